The average molecular weight is 132 g/mol. The van der Waals surface area contributed by atoms with E-state index in [-0.39, 0.29) is 6.03 Å². The second kappa shape index (κ2) is 1.85. The Morgan fingerprint density at radius 1 is 1.62 bits per heavy atom. The van der Waals surface area contributed by atoms with Crippen molar-refractivity contribution in [2.45, 2.75) is 0 Å². The number of hydrogen-bond acceptors (Lipinski definition) is 2. The van der Waals surface area contributed by atoms with Gasteiger partial charge in [-0.05, 0) is 0 Å². The van der Waals surface area contributed by atoms with Gasteiger partial charge in [0.15, 0.2) is 0 Å². The molecular weight excluding hydrogens is 124 g/mol. The molecule has 1 aliphatic heterocycles. The zero-order valence-electron chi connectivity index (χ0n) is 4.66. The number of hydrogen-bond donors (Lipinski definition) is 1. The van der Waals surface area contributed by atoms with Crippen LogP contribution in [0.3, 0.4) is 0 Å². The lowest BCUT2D eigenvalue weighted by molar-refractivity contribution is 0.216. The van der Waals surface area contributed by atoms with E-state index in [0.717, 1.165) is 13.1 Å². The van der Waals surface area contributed by atoms with Crippen LogP contribution in [-0.2, 0) is 0 Å². The van der Waals surface area contributed by atoms with Crippen LogP contribution in [0, 0.1) is 0 Å². The molecule has 0 unspecified atom stereocenters. The van der Waals surface area contributed by atoms with Gasteiger partial charge in [-0.1, -0.05) is 12.8 Å². The van der Waals surface area contributed by atoms with E-state index in [4.69, 9.17) is 0 Å². The molecule has 4 heteroatoms. The summed E-state index contributed by atoms with van der Waals surface area (Å²) in [4.78, 5) is 12.3. The molecule has 1 saturated heterocycles. The Morgan fingerprint density at radius 3 is 2.38 bits per heavy atom. The van der Waals surface area contributed by atoms with Crippen LogP contribution in [0.1, 0.15) is 0 Å². The van der Waals surface area contributed by atoms with E-state index in [9.17, 15) is 4.79 Å². The van der Waals surface area contributed by atoms with Gasteiger partial charge in [-0.2, -0.15) is 0 Å². The van der Waals surface area contributed by atoms with Gasteiger partial charge in [0.2, 0.25) is 0 Å². The molecule has 1 heterocycles. The van der Waals surface area contributed by atoms with Crippen molar-refractivity contribution in [3.05, 3.63) is 0 Å². The van der Waals surface area contributed by atoms with Crippen LogP contribution in [0.4, 0.5) is 4.79 Å². The van der Waals surface area contributed by atoms with E-state index >= 15 is 0 Å². The highest BCUT2D eigenvalue weighted by molar-refractivity contribution is 7.78. The summed E-state index contributed by atoms with van der Waals surface area (Å²) in [5, 5.41) is 0. The lowest BCUT2D eigenvalue weighted by Gasteiger charge is -2.06. The third-order valence-electron chi connectivity index (χ3n) is 1.19. The number of urea groups is 1. The second-order valence-corrected chi connectivity index (χ2v) is 2.31. The van der Waals surface area contributed by atoms with Crippen molar-refractivity contribution in [3.63, 3.8) is 0 Å². The summed E-state index contributed by atoms with van der Waals surface area (Å²) >= 11 is 3.89. The van der Waals surface area contributed by atoms with Gasteiger partial charge >= 0.3 is 6.03 Å². The zero-order chi connectivity index (χ0) is 6.15. The van der Waals surface area contributed by atoms with Crippen LogP contribution >= 0.6 is 12.8 Å². The predicted molar refractivity (Wildman–Crippen MR) is 33.7 cm³/mol. The van der Waals surface area contributed by atoms with E-state index in [1.807, 2.05) is 0 Å². The molecule has 1 fully saturated rings. The molecule has 0 spiro atoms. The fourth-order valence-electron chi connectivity index (χ4n) is 0.633. The molecule has 0 aliphatic carbocycles. The van der Waals surface area contributed by atoms with E-state index in [2.05, 4.69) is 12.8 Å². The lowest BCUT2D eigenvalue weighted by Crippen LogP contribution is -2.22. The monoisotopic (exact) mass is 132 g/mol. The SMILES string of the molecule is CN1CCN(S)C1=O. The molecule has 2 amide bonds. The fourth-order valence-corrected chi connectivity index (χ4v) is 0.875. The third kappa shape index (κ3) is 0.753. The van der Waals surface area contributed by atoms with Crippen molar-refractivity contribution in [1.29, 1.82) is 0 Å². The molecule has 0 saturated carbocycles. The Balaban J connectivity index is 2.57. The Kier molecular flexibility index (Phi) is 1.33. The van der Waals surface area contributed by atoms with E-state index in [0.29, 0.717) is 0 Å². The molecule has 46 valence electrons. The smallest absolute Gasteiger partial charge is 0.325 e. The summed E-state index contributed by atoms with van der Waals surface area (Å²) in [6.45, 7) is 1.53. The first kappa shape index (κ1) is 5.75. The number of amides is 2. The number of carbonyl (C=O) groups is 1. The van der Waals surface area contributed by atoms with Crippen molar-refractivity contribution in [2.75, 3.05) is 20.1 Å². The van der Waals surface area contributed by atoms with Crippen molar-refractivity contribution in [1.82, 2.24) is 9.21 Å². The van der Waals surface area contributed by atoms with Crippen molar-refractivity contribution < 1.29 is 4.79 Å². The first-order valence-electron chi connectivity index (χ1n) is 2.43. The van der Waals surface area contributed by atoms with Crippen LogP contribution < -0.4 is 0 Å². The van der Waals surface area contributed by atoms with Gasteiger partial charge in [-0.15, -0.1) is 0 Å². The maximum absolute atomic E-state index is 10.7. The number of nitrogens with zero attached hydrogens (tertiary/aromatic N) is 2. The molecule has 0 aromatic carbocycles. The maximum Gasteiger partial charge on any atom is 0.329 e. The molecule has 3 nitrogen and oxygen atoms in total. The minimum atomic E-state index is -0.00617. The molecule has 0 bridgehead atoms. The maximum atomic E-state index is 10.7. The Morgan fingerprint density at radius 2 is 2.25 bits per heavy atom. The first-order valence-corrected chi connectivity index (χ1v) is 2.83. The highest BCUT2D eigenvalue weighted by Crippen LogP contribution is 2.06. The van der Waals surface area contributed by atoms with Crippen LogP contribution in [0.15, 0.2) is 0 Å². The molecule has 1 aliphatic rings. The zero-order valence-corrected chi connectivity index (χ0v) is 5.56. The Labute approximate surface area is 53.8 Å². The molecule has 0 aromatic heterocycles. The summed E-state index contributed by atoms with van der Waals surface area (Å²) < 4.78 is 1.40. The van der Waals surface area contributed by atoms with Gasteiger partial charge in [0, 0.05) is 13.6 Å². The summed E-state index contributed by atoms with van der Waals surface area (Å²) in [6, 6.07) is -0.00617. The standard InChI is InChI=1S/C4H8N2OS/c1-5-2-3-6(8)4(5)7/h8H,2-3H2,1H3. The van der Waals surface area contributed by atoms with E-state index < -0.39 is 0 Å². The molecular formula is C4H8N2OS. The normalized spacial score (nSPS) is 20.5. The molecule has 8 heavy (non-hydrogen) atoms. The fraction of sp³-hybridized carbons (Fsp3) is 0.750. The minimum absolute atomic E-state index is 0.00617. The number of likely N-dealkylation sites (N-methyl/N-ethyl adjacent to an activating group) is 1. The molecule has 1 rings (SSSR count). The quantitative estimate of drug-likeness (QED) is 0.468. The Hall–Kier alpha value is -0.380. The van der Waals surface area contributed by atoms with Gasteiger partial charge in [-0.3, -0.25) is 4.31 Å². The molecule has 0 aromatic rings. The summed E-state index contributed by atoms with van der Waals surface area (Å²) in [5.74, 6) is 0. The van der Waals surface area contributed by atoms with Crippen molar-refractivity contribution >= 4 is 18.8 Å². The molecule has 0 radical (unpaired) electrons. The molecule has 0 N–H and O–H groups in total. The van der Waals surface area contributed by atoms with Gasteiger partial charge in [0.05, 0.1) is 6.54 Å². The number of carbonyl (C=O) groups excluding carboxylic acids is 1. The lowest BCUT2D eigenvalue weighted by atomic mass is 10.7. The van der Waals surface area contributed by atoms with Crippen molar-refractivity contribution in [3.8, 4) is 0 Å². The van der Waals surface area contributed by atoms with Crippen LogP contribution in [-0.4, -0.2) is 35.4 Å². The predicted octanol–water partition coefficient (Wildman–Crippen LogP) is 0.199. The van der Waals surface area contributed by atoms with Gasteiger partial charge in [-0.25, -0.2) is 4.79 Å². The number of thiol groups is 1. The summed E-state index contributed by atoms with van der Waals surface area (Å²) in [5.41, 5.74) is 0. The van der Waals surface area contributed by atoms with E-state index in [1.165, 1.54) is 4.31 Å². The largest absolute Gasteiger partial charge is 0.329 e. The first-order chi connectivity index (χ1) is 3.72. The summed E-state index contributed by atoms with van der Waals surface area (Å²) in [6.07, 6.45) is 0. The third-order valence-corrected chi connectivity index (χ3v) is 1.57. The van der Waals surface area contributed by atoms with Gasteiger partial charge in [0.1, 0.15) is 0 Å². The van der Waals surface area contributed by atoms with Crippen LogP contribution in [0.5, 0.6) is 0 Å². The van der Waals surface area contributed by atoms with Crippen LogP contribution in [0.2, 0.25) is 0 Å². The average Bonchev–Trinajstić information content (AvgIpc) is 1.98. The molecule has 0 atom stereocenters. The topological polar surface area (TPSA) is 23.6 Å². The van der Waals surface area contributed by atoms with E-state index in [1.54, 1.807) is 11.9 Å². The summed E-state index contributed by atoms with van der Waals surface area (Å²) in [7, 11) is 1.76. The number of rotatable bonds is 0. The van der Waals surface area contributed by atoms with Crippen LogP contribution in [0.25, 0.3) is 0 Å². The second-order valence-electron chi connectivity index (χ2n) is 1.83. The Bertz CT molecular complexity index is 105. The highest BCUT2D eigenvalue weighted by atomic mass is 32.1. The van der Waals surface area contributed by atoms with Gasteiger partial charge in [0.25, 0.3) is 0 Å². The minimum Gasteiger partial charge on any atom is -0.325 e. The highest BCUT2D eigenvalue weighted by Gasteiger charge is 2.21. The van der Waals surface area contributed by atoms with Crippen molar-refractivity contribution in [2.24, 2.45) is 0 Å². The van der Waals surface area contributed by atoms with Gasteiger partial charge < -0.3 is 4.90 Å².